The molecule has 0 spiro atoms. The van der Waals surface area contributed by atoms with Gasteiger partial charge in [-0.2, -0.15) is 0 Å². The van der Waals surface area contributed by atoms with Crippen LogP contribution >= 0.6 is 11.3 Å². The van der Waals surface area contributed by atoms with Crippen molar-refractivity contribution in [3.05, 3.63) is 51.0 Å². The fraction of sp³-hybridized carbons (Fsp3) is 0.444. The number of aromatic nitrogens is 1. The number of nitrogens with one attached hydrogen (secondary N) is 2. The van der Waals surface area contributed by atoms with Gasteiger partial charge >= 0.3 is 0 Å². The lowest BCUT2D eigenvalue weighted by Gasteiger charge is -2.23. The Kier molecular flexibility index (Phi) is 5.33. The summed E-state index contributed by atoms with van der Waals surface area (Å²) >= 11 is 1.53. The van der Waals surface area contributed by atoms with Gasteiger partial charge in [-0.15, -0.1) is 11.3 Å². The van der Waals surface area contributed by atoms with E-state index in [2.05, 4.69) is 15.6 Å². The summed E-state index contributed by atoms with van der Waals surface area (Å²) in [5.74, 6) is 0.319. The number of non-ortho nitro benzene ring substituents is 1. The molecule has 2 N–H and O–H groups in total. The molecule has 2 heterocycles. The van der Waals surface area contributed by atoms with Gasteiger partial charge in [0.05, 0.1) is 10.3 Å². The Morgan fingerprint density at radius 1 is 1.31 bits per heavy atom. The minimum atomic E-state index is -0.824. The van der Waals surface area contributed by atoms with E-state index < -0.39 is 10.3 Å². The predicted molar refractivity (Wildman–Crippen MR) is 102 cm³/mol. The highest BCUT2D eigenvalue weighted by molar-refractivity contribution is 7.15. The van der Waals surface area contributed by atoms with Crippen LogP contribution in [0.3, 0.4) is 0 Å². The highest BCUT2D eigenvalue weighted by atomic mass is 32.1. The zero-order chi connectivity index (χ0) is 18.7. The van der Waals surface area contributed by atoms with Crippen molar-refractivity contribution in [1.29, 1.82) is 0 Å². The Morgan fingerprint density at radius 2 is 1.96 bits per heavy atom. The number of anilines is 1. The highest BCUT2D eigenvalue weighted by Gasteiger charge is 2.31. The van der Waals surface area contributed by atoms with Crippen molar-refractivity contribution in [3.63, 3.8) is 0 Å². The van der Waals surface area contributed by atoms with Gasteiger partial charge in [0.25, 0.3) is 5.69 Å². The molecule has 0 radical (unpaired) electrons. The average molecular weight is 374 g/mol. The second-order valence-electron chi connectivity index (χ2n) is 6.98. The van der Waals surface area contributed by atoms with Gasteiger partial charge in [-0.25, -0.2) is 4.98 Å². The topological polar surface area (TPSA) is 97.2 Å². The van der Waals surface area contributed by atoms with E-state index in [1.807, 2.05) is 6.20 Å². The third-order valence-corrected chi connectivity index (χ3v) is 5.93. The molecule has 0 unspecified atom stereocenters. The number of nitro groups is 1. The molecule has 0 atom stereocenters. The molecule has 1 aliphatic rings. The predicted octanol–water partition coefficient (Wildman–Crippen LogP) is 3.43. The van der Waals surface area contributed by atoms with Crippen molar-refractivity contribution in [2.24, 2.45) is 0 Å². The molecule has 1 aromatic heterocycles. The van der Waals surface area contributed by atoms with E-state index in [1.165, 1.54) is 28.3 Å². The first-order valence-corrected chi connectivity index (χ1v) is 9.42. The van der Waals surface area contributed by atoms with Gasteiger partial charge in [0.15, 0.2) is 5.13 Å². The monoisotopic (exact) mass is 374 g/mol. The van der Waals surface area contributed by atoms with Crippen LogP contribution in [0.25, 0.3) is 0 Å². The molecule has 3 rings (SSSR count). The Bertz CT molecular complexity index is 795. The van der Waals surface area contributed by atoms with Crippen LogP contribution in [0.5, 0.6) is 0 Å². The van der Waals surface area contributed by atoms with Crippen molar-refractivity contribution in [1.82, 2.24) is 10.3 Å². The SMILES string of the molecule is CC(C)(C(=O)Nc1ncc(C2CCNCC2)s1)c1ccc([N+](=O)[O-])cc1. The number of hydrogen-bond acceptors (Lipinski definition) is 6. The summed E-state index contributed by atoms with van der Waals surface area (Å²) in [5, 5.41) is 17.6. The number of carbonyl (C=O) groups excluding carboxylic acids is 1. The number of nitrogens with zero attached hydrogens (tertiary/aromatic N) is 2. The van der Waals surface area contributed by atoms with E-state index in [0.717, 1.165) is 31.5 Å². The van der Waals surface area contributed by atoms with Gasteiger partial charge in [-0.05, 0) is 51.3 Å². The zero-order valence-electron chi connectivity index (χ0n) is 14.8. The second-order valence-corrected chi connectivity index (χ2v) is 8.04. The number of carbonyl (C=O) groups is 1. The summed E-state index contributed by atoms with van der Waals surface area (Å²) in [6, 6.07) is 6.09. The minimum Gasteiger partial charge on any atom is -0.317 e. The standard InChI is InChI=1S/C18H22N4O3S/c1-18(2,13-3-5-14(6-4-13)22(24)25)16(23)21-17-20-11-15(26-17)12-7-9-19-10-8-12/h3-6,11-12,19H,7-10H2,1-2H3,(H,20,21,23). The van der Waals surface area contributed by atoms with Crippen LogP contribution in [0.1, 0.15) is 43.0 Å². The largest absolute Gasteiger partial charge is 0.317 e. The third-order valence-electron chi connectivity index (χ3n) is 4.85. The van der Waals surface area contributed by atoms with Crippen LogP contribution in [0.4, 0.5) is 10.8 Å². The summed E-state index contributed by atoms with van der Waals surface area (Å²) in [5.41, 5.74) is -0.0948. The number of benzene rings is 1. The van der Waals surface area contributed by atoms with Crippen LogP contribution < -0.4 is 10.6 Å². The van der Waals surface area contributed by atoms with Crippen LogP contribution in [0.15, 0.2) is 30.5 Å². The highest BCUT2D eigenvalue weighted by Crippen LogP contribution is 2.33. The second kappa shape index (κ2) is 7.51. The van der Waals surface area contributed by atoms with Gasteiger partial charge in [0.2, 0.25) is 5.91 Å². The molecule has 2 aromatic rings. The molecule has 1 aliphatic heterocycles. The van der Waals surface area contributed by atoms with Gasteiger partial charge in [0, 0.05) is 23.2 Å². The van der Waals surface area contributed by atoms with Crippen LogP contribution in [-0.2, 0) is 10.2 Å². The lowest BCUT2D eigenvalue weighted by Crippen LogP contribution is -2.34. The fourth-order valence-corrected chi connectivity index (χ4v) is 4.00. The van der Waals surface area contributed by atoms with E-state index >= 15 is 0 Å². The van der Waals surface area contributed by atoms with Crippen molar-refractivity contribution in [3.8, 4) is 0 Å². The zero-order valence-corrected chi connectivity index (χ0v) is 15.6. The fourth-order valence-electron chi connectivity index (χ4n) is 3.02. The Hall–Kier alpha value is -2.32. The molecule has 138 valence electrons. The molecule has 0 bridgehead atoms. The molecule has 1 amide bonds. The first kappa shape index (κ1) is 18.5. The molecule has 1 fully saturated rings. The number of hydrogen-bond donors (Lipinski definition) is 2. The van der Waals surface area contributed by atoms with Crippen LogP contribution in [0.2, 0.25) is 0 Å². The van der Waals surface area contributed by atoms with Crippen molar-refractivity contribution in [2.45, 2.75) is 38.0 Å². The van der Waals surface area contributed by atoms with Gasteiger partial charge < -0.3 is 10.6 Å². The Balaban J connectivity index is 1.70. The molecular weight excluding hydrogens is 352 g/mol. The summed E-state index contributed by atoms with van der Waals surface area (Å²) in [4.78, 5) is 28.6. The molecule has 0 aliphatic carbocycles. The first-order chi connectivity index (χ1) is 12.4. The number of rotatable bonds is 5. The summed E-state index contributed by atoms with van der Waals surface area (Å²) in [6.07, 6.45) is 4.03. The normalized spacial score (nSPS) is 15.6. The maximum Gasteiger partial charge on any atom is 0.269 e. The van der Waals surface area contributed by atoms with E-state index in [1.54, 1.807) is 26.0 Å². The van der Waals surface area contributed by atoms with Gasteiger partial charge in [-0.3, -0.25) is 14.9 Å². The average Bonchev–Trinajstić information content (AvgIpc) is 3.11. The number of piperidine rings is 1. The molecule has 0 saturated carbocycles. The maximum absolute atomic E-state index is 12.8. The third kappa shape index (κ3) is 3.91. The summed E-state index contributed by atoms with van der Waals surface area (Å²) in [7, 11) is 0. The summed E-state index contributed by atoms with van der Waals surface area (Å²) in [6.45, 7) is 5.62. The van der Waals surface area contributed by atoms with Gasteiger partial charge in [-0.1, -0.05) is 12.1 Å². The van der Waals surface area contributed by atoms with Crippen molar-refractivity contribution in [2.75, 3.05) is 18.4 Å². The van der Waals surface area contributed by atoms with Crippen molar-refractivity contribution >= 4 is 28.1 Å². The smallest absolute Gasteiger partial charge is 0.269 e. The van der Waals surface area contributed by atoms with Crippen molar-refractivity contribution < 1.29 is 9.72 Å². The number of nitro benzene ring substituents is 1. The number of amides is 1. The molecule has 8 heteroatoms. The molecule has 7 nitrogen and oxygen atoms in total. The maximum atomic E-state index is 12.8. The molecule has 1 aromatic carbocycles. The lowest BCUT2D eigenvalue weighted by atomic mass is 9.83. The van der Waals surface area contributed by atoms with Crippen LogP contribution in [0, 0.1) is 10.1 Å². The Labute approximate surface area is 156 Å². The van der Waals surface area contributed by atoms with E-state index in [9.17, 15) is 14.9 Å². The molecule has 1 saturated heterocycles. The molecular formula is C18H22N4O3S. The van der Waals surface area contributed by atoms with E-state index in [0.29, 0.717) is 11.0 Å². The molecule has 26 heavy (non-hydrogen) atoms. The Morgan fingerprint density at radius 3 is 2.58 bits per heavy atom. The first-order valence-electron chi connectivity index (χ1n) is 8.61. The van der Waals surface area contributed by atoms with Crippen LogP contribution in [-0.4, -0.2) is 28.9 Å². The van der Waals surface area contributed by atoms with Gasteiger partial charge in [0.1, 0.15) is 0 Å². The summed E-state index contributed by atoms with van der Waals surface area (Å²) < 4.78 is 0. The minimum absolute atomic E-state index is 0.0106. The van der Waals surface area contributed by atoms with E-state index in [-0.39, 0.29) is 11.6 Å². The number of thiazole rings is 1. The quantitative estimate of drug-likeness (QED) is 0.617. The lowest BCUT2D eigenvalue weighted by molar-refractivity contribution is -0.384. The van der Waals surface area contributed by atoms with E-state index in [4.69, 9.17) is 0 Å².